The zero-order chi connectivity index (χ0) is 20.1. The number of ketones is 1. The maximum Gasteiger partial charge on any atom is 0.251 e. The molecule has 0 aliphatic heterocycles. The fourth-order valence-electron chi connectivity index (χ4n) is 3.68. The summed E-state index contributed by atoms with van der Waals surface area (Å²) in [5.74, 6) is 1.55. The highest BCUT2D eigenvalue weighted by Crippen LogP contribution is 2.32. The molecule has 1 amide bonds. The summed E-state index contributed by atoms with van der Waals surface area (Å²) in [6.45, 7) is 5.75. The number of hydrogen-bond donors (Lipinski definition) is 1. The van der Waals surface area contributed by atoms with E-state index in [0.717, 1.165) is 31.4 Å². The summed E-state index contributed by atoms with van der Waals surface area (Å²) in [5.41, 5.74) is 0.0543. The normalized spacial score (nSPS) is 15.8. The van der Waals surface area contributed by atoms with Crippen molar-refractivity contribution in [3.63, 3.8) is 0 Å². The Morgan fingerprint density at radius 3 is 2.07 bits per heavy atom. The number of amides is 1. The van der Waals surface area contributed by atoms with E-state index < -0.39 is 11.5 Å². The Bertz CT molecular complexity index is 800. The highest BCUT2D eigenvalue weighted by Gasteiger charge is 2.37. The second kappa shape index (κ2) is 8.59. The van der Waals surface area contributed by atoms with E-state index in [0.29, 0.717) is 11.3 Å². The third-order valence-electron chi connectivity index (χ3n) is 5.27. The molecular formula is C24H29NO3. The lowest BCUT2D eigenvalue weighted by Crippen LogP contribution is -2.49. The molecule has 28 heavy (non-hydrogen) atoms. The molecule has 1 atom stereocenters. The van der Waals surface area contributed by atoms with Gasteiger partial charge in [0.1, 0.15) is 11.5 Å². The number of para-hydroxylation sites is 1. The highest BCUT2D eigenvalue weighted by molar-refractivity contribution is 5.99. The van der Waals surface area contributed by atoms with Crippen molar-refractivity contribution < 1.29 is 14.3 Å². The van der Waals surface area contributed by atoms with Gasteiger partial charge < -0.3 is 10.1 Å². The lowest BCUT2D eigenvalue weighted by atomic mass is 9.80. The van der Waals surface area contributed by atoms with Crippen molar-refractivity contribution in [3.8, 4) is 11.5 Å². The number of hydrogen-bond acceptors (Lipinski definition) is 3. The van der Waals surface area contributed by atoms with Crippen molar-refractivity contribution in [1.82, 2.24) is 5.32 Å². The standard InChI is InChI=1S/C24H29NO3/c1-24(2,3)22(26)21(17-9-7-8-10-17)25-23(27)18-13-15-20(16-14-18)28-19-11-5-4-6-12-19/h4-6,11-17,21H,7-10H2,1-3H3,(H,25,27)/t21-/m0/s1. The van der Waals surface area contributed by atoms with Crippen LogP contribution >= 0.6 is 0 Å². The molecule has 0 saturated heterocycles. The molecule has 0 unspecified atom stereocenters. The minimum absolute atomic E-state index is 0.108. The van der Waals surface area contributed by atoms with Gasteiger partial charge in [-0.05, 0) is 55.2 Å². The van der Waals surface area contributed by atoms with Gasteiger partial charge in [0, 0.05) is 11.0 Å². The number of ether oxygens (including phenoxy) is 1. The van der Waals surface area contributed by atoms with E-state index in [-0.39, 0.29) is 17.6 Å². The predicted molar refractivity (Wildman–Crippen MR) is 111 cm³/mol. The second-order valence-corrected chi connectivity index (χ2v) is 8.55. The van der Waals surface area contributed by atoms with Crippen LogP contribution in [0.25, 0.3) is 0 Å². The Hall–Kier alpha value is -2.62. The lowest BCUT2D eigenvalue weighted by Gasteiger charge is -2.29. The van der Waals surface area contributed by atoms with Gasteiger partial charge in [0.25, 0.3) is 5.91 Å². The number of carbonyl (C=O) groups excluding carboxylic acids is 2. The third kappa shape index (κ3) is 5.00. The largest absolute Gasteiger partial charge is 0.457 e. The predicted octanol–water partition coefficient (Wildman–Crippen LogP) is 5.38. The second-order valence-electron chi connectivity index (χ2n) is 8.55. The number of benzene rings is 2. The molecule has 0 bridgehead atoms. The number of Topliss-reactive ketones (excluding diaryl/α,β-unsaturated/α-hetero) is 1. The summed E-state index contributed by atoms with van der Waals surface area (Å²) in [6, 6.07) is 16.1. The van der Waals surface area contributed by atoms with Gasteiger partial charge >= 0.3 is 0 Å². The van der Waals surface area contributed by atoms with E-state index in [1.54, 1.807) is 24.3 Å². The van der Waals surface area contributed by atoms with Gasteiger partial charge in [-0.1, -0.05) is 51.8 Å². The first-order valence-corrected chi connectivity index (χ1v) is 10.0. The van der Waals surface area contributed by atoms with Crippen LogP contribution in [0.4, 0.5) is 0 Å². The van der Waals surface area contributed by atoms with Crippen LogP contribution in [-0.4, -0.2) is 17.7 Å². The number of nitrogens with one attached hydrogen (secondary N) is 1. The van der Waals surface area contributed by atoms with Crippen molar-refractivity contribution in [2.45, 2.75) is 52.5 Å². The molecule has 0 heterocycles. The van der Waals surface area contributed by atoms with Gasteiger partial charge in [-0.15, -0.1) is 0 Å². The maximum atomic E-state index is 12.9. The van der Waals surface area contributed by atoms with Gasteiger partial charge in [-0.3, -0.25) is 9.59 Å². The molecule has 2 aromatic rings. The summed E-state index contributed by atoms with van der Waals surface area (Å²) >= 11 is 0. The minimum Gasteiger partial charge on any atom is -0.457 e. The zero-order valence-corrected chi connectivity index (χ0v) is 16.9. The van der Waals surface area contributed by atoms with Crippen molar-refractivity contribution >= 4 is 11.7 Å². The topological polar surface area (TPSA) is 55.4 Å². The van der Waals surface area contributed by atoms with Crippen molar-refractivity contribution in [2.24, 2.45) is 11.3 Å². The van der Waals surface area contributed by atoms with Gasteiger partial charge in [0.15, 0.2) is 5.78 Å². The van der Waals surface area contributed by atoms with Crippen LogP contribution in [0.1, 0.15) is 56.8 Å². The lowest BCUT2D eigenvalue weighted by molar-refractivity contribution is -0.129. The first kappa shape index (κ1) is 20.1. The molecule has 2 aromatic carbocycles. The van der Waals surface area contributed by atoms with Crippen molar-refractivity contribution in [3.05, 3.63) is 60.2 Å². The average molecular weight is 380 g/mol. The zero-order valence-electron chi connectivity index (χ0n) is 16.9. The SMILES string of the molecule is CC(C)(C)C(=O)[C@@H](NC(=O)c1ccc(Oc2ccccc2)cc1)C1CCCC1. The molecule has 0 aromatic heterocycles. The molecule has 1 saturated carbocycles. The van der Waals surface area contributed by atoms with E-state index >= 15 is 0 Å². The van der Waals surface area contributed by atoms with Crippen LogP contribution < -0.4 is 10.1 Å². The summed E-state index contributed by atoms with van der Waals surface area (Å²) < 4.78 is 5.77. The Morgan fingerprint density at radius 1 is 0.929 bits per heavy atom. The van der Waals surface area contributed by atoms with E-state index in [2.05, 4.69) is 5.32 Å². The molecule has 1 fully saturated rings. The summed E-state index contributed by atoms with van der Waals surface area (Å²) in [5, 5.41) is 3.02. The van der Waals surface area contributed by atoms with E-state index in [1.807, 2.05) is 51.1 Å². The van der Waals surface area contributed by atoms with Gasteiger partial charge in [-0.2, -0.15) is 0 Å². The minimum atomic E-state index is -0.478. The molecule has 1 N–H and O–H groups in total. The fourth-order valence-corrected chi connectivity index (χ4v) is 3.68. The Kier molecular flexibility index (Phi) is 6.18. The number of rotatable bonds is 6. The quantitative estimate of drug-likeness (QED) is 0.733. The first-order valence-electron chi connectivity index (χ1n) is 10.0. The monoisotopic (exact) mass is 379 g/mol. The molecule has 0 radical (unpaired) electrons. The van der Waals surface area contributed by atoms with Crippen molar-refractivity contribution in [2.75, 3.05) is 0 Å². The van der Waals surface area contributed by atoms with Crippen LogP contribution in [-0.2, 0) is 4.79 Å². The van der Waals surface area contributed by atoms with E-state index in [9.17, 15) is 9.59 Å². The van der Waals surface area contributed by atoms with Crippen LogP contribution in [0.5, 0.6) is 11.5 Å². The van der Waals surface area contributed by atoms with Gasteiger partial charge in [0.2, 0.25) is 0 Å². The number of carbonyl (C=O) groups is 2. The van der Waals surface area contributed by atoms with Crippen LogP contribution in [0.3, 0.4) is 0 Å². The van der Waals surface area contributed by atoms with Gasteiger partial charge in [-0.25, -0.2) is 0 Å². The summed E-state index contributed by atoms with van der Waals surface area (Å²) in [4.78, 5) is 25.7. The van der Waals surface area contributed by atoms with Gasteiger partial charge in [0.05, 0.1) is 6.04 Å². The molecule has 1 aliphatic carbocycles. The molecule has 4 heteroatoms. The summed E-state index contributed by atoms with van der Waals surface area (Å²) in [7, 11) is 0. The van der Waals surface area contributed by atoms with Crippen molar-refractivity contribution in [1.29, 1.82) is 0 Å². The summed E-state index contributed by atoms with van der Waals surface area (Å²) in [6.07, 6.45) is 4.24. The molecule has 4 nitrogen and oxygen atoms in total. The third-order valence-corrected chi connectivity index (χ3v) is 5.27. The maximum absolute atomic E-state index is 12.9. The molecule has 0 spiro atoms. The smallest absolute Gasteiger partial charge is 0.251 e. The van der Waals surface area contributed by atoms with E-state index in [4.69, 9.17) is 4.74 Å². The average Bonchev–Trinajstić information content (AvgIpc) is 3.20. The Balaban J connectivity index is 1.70. The highest BCUT2D eigenvalue weighted by atomic mass is 16.5. The first-order chi connectivity index (χ1) is 13.3. The van der Waals surface area contributed by atoms with Crippen LogP contribution in [0, 0.1) is 11.3 Å². The van der Waals surface area contributed by atoms with Crippen LogP contribution in [0.2, 0.25) is 0 Å². The molecule has 3 rings (SSSR count). The van der Waals surface area contributed by atoms with Crippen LogP contribution in [0.15, 0.2) is 54.6 Å². The fraction of sp³-hybridized carbons (Fsp3) is 0.417. The molecular weight excluding hydrogens is 350 g/mol. The molecule has 1 aliphatic rings. The molecule has 148 valence electrons. The Morgan fingerprint density at radius 2 is 1.50 bits per heavy atom. The van der Waals surface area contributed by atoms with E-state index in [1.165, 1.54) is 0 Å². The Labute approximate surface area is 167 Å².